The van der Waals surface area contributed by atoms with Crippen LogP contribution in [0.2, 0.25) is 0 Å². The maximum absolute atomic E-state index is 3.74. The molecule has 0 aromatic heterocycles. The van der Waals surface area contributed by atoms with Crippen molar-refractivity contribution in [3.63, 3.8) is 0 Å². The van der Waals surface area contributed by atoms with E-state index in [1.165, 1.54) is 31.5 Å². The first-order valence-corrected chi connectivity index (χ1v) is 7.81. The smallest absolute Gasteiger partial charge is 0.0234 e. The summed E-state index contributed by atoms with van der Waals surface area (Å²) in [4.78, 5) is 4.86. The van der Waals surface area contributed by atoms with E-state index in [1.807, 2.05) is 0 Å². The van der Waals surface area contributed by atoms with Gasteiger partial charge in [0.05, 0.1) is 0 Å². The molecule has 1 heterocycles. The number of hydrogen-bond acceptors (Lipinski definition) is 3. The summed E-state index contributed by atoms with van der Waals surface area (Å²) in [6.45, 7) is 6.85. The lowest BCUT2D eigenvalue weighted by Crippen LogP contribution is -2.48. The highest BCUT2D eigenvalue weighted by Crippen LogP contribution is 2.13. The van der Waals surface area contributed by atoms with Crippen LogP contribution in [0.4, 0.5) is 0 Å². The van der Waals surface area contributed by atoms with Gasteiger partial charge >= 0.3 is 0 Å². The zero-order valence-corrected chi connectivity index (χ0v) is 13.2. The van der Waals surface area contributed by atoms with Gasteiger partial charge in [0.25, 0.3) is 0 Å². The van der Waals surface area contributed by atoms with E-state index in [0.29, 0.717) is 12.1 Å². The summed E-state index contributed by atoms with van der Waals surface area (Å²) in [6.07, 6.45) is 2.62. The van der Waals surface area contributed by atoms with E-state index in [2.05, 4.69) is 66.5 Å². The highest BCUT2D eigenvalue weighted by Gasteiger charge is 2.20. The van der Waals surface area contributed by atoms with Gasteiger partial charge in [-0.15, -0.1) is 0 Å². The lowest BCUT2D eigenvalue weighted by molar-refractivity contribution is 0.176. The number of benzene rings is 1. The maximum Gasteiger partial charge on any atom is 0.0234 e. The fourth-order valence-electron chi connectivity index (χ4n) is 2.73. The van der Waals surface area contributed by atoms with Crippen molar-refractivity contribution >= 4 is 0 Å². The predicted molar refractivity (Wildman–Crippen MR) is 85.9 cm³/mol. The summed E-state index contributed by atoms with van der Waals surface area (Å²) in [7, 11) is 4.30. The summed E-state index contributed by atoms with van der Waals surface area (Å²) in [6, 6.07) is 12.1. The van der Waals surface area contributed by atoms with Crippen molar-refractivity contribution < 1.29 is 0 Å². The molecule has 1 aromatic carbocycles. The van der Waals surface area contributed by atoms with Crippen molar-refractivity contribution in [3.05, 3.63) is 35.9 Å². The highest BCUT2D eigenvalue weighted by molar-refractivity contribution is 5.14. The molecular weight excluding hydrogens is 246 g/mol. The van der Waals surface area contributed by atoms with Crippen LogP contribution in [0.15, 0.2) is 30.3 Å². The number of hydrogen-bond donors (Lipinski definition) is 1. The number of nitrogens with zero attached hydrogens (tertiary/aromatic N) is 2. The molecule has 1 fully saturated rings. The minimum atomic E-state index is 0.597. The van der Waals surface area contributed by atoms with E-state index in [0.717, 1.165) is 13.1 Å². The van der Waals surface area contributed by atoms with E-state index in [9.17, 15) is 0 Å². The van der Waals surface area contributed by atoms with Crippen molar-refractivity contribution in [1.29, 1.82) is 0 Å². The van der Waals surface area contributed by atoms with Crippen LogP contribution in [0.25, 0.3) is 0 Å². The number of piperidine rings is 1. The Hall–Kier alpha value is -0.900. The van der Waals surface area contributed by atoms with E-state index in [4.69, 9.17) is 0 Å². The summed E-state index contributed by atoms with van der Waals surface area (Å²) in [5.41, 5.74) is 1.43. The highest BCUT2D eigenvalue weighted by atomic mass is 15.2. The van der Waals surface area contributed by atoms with Gasteiger partial charge in [0.1, 0.15) is 0 Å². The summed E-state index contributed by atoms with van der Waals surface area (Å²) >= 11 is 0. The first-order chi connectivity index (χ1) is 9.65. The Balaban J connectivity index is 1.77. The number of nitrogens with one attached hydrogen (secondary N) is 1. The molecule has 3 nitrogen and oxygen atoms in total. The van der Waals surface area contributed by atoms with Crippen LogP contribution < -0.4 is 5.32 Å². The fraction of sp³-hybridized carbons (Fsp3) is 0.647. The van der Waals surface area contributed by atoms with Gasteiger partial charge in [-0.3, -0.25) is 4.90 Å². The zero-order chi connectivity index (χ0) is 14.4. The molecule has 0 saturated carbocycles. The molecule has 2 atom stereocenters. The monoisotopic (exact) mass is 275 g/mol. The molecule has 2 rings (SSSR count). The van der Waals surface area contributed by atoms with Crippen molar-refractivity contribution in [2.75, 3.05) is 33.7 Å². The second-order valence-corrected chi connectivity index (χ2v) is 6.28. The lowest BCUT2D eigenvalue weighted by atomic mass is 10.0. The molecule has 2 unspecified atom stereocenters. The molecule has 0 bridgehead atoms. The van der Waals surface area contributed by atoms with Gasteiger partial charge in [-0.2, -0.15) is 0 Å². The third-order valence-corrected chi connectivity index (χ3v) is 4.34. The second kappa shape index (κ2) is 7.77. The molecule has 3 heteroatoms. The molecule has 0 spiro atoms. The van der Waals surface area contributed by atoms with Crippen LogP contribution in [0.3, 0.4) is 0 Å². The van der Waals surface area contributed by atoms with Crippen LogP contribution in [-0.4, -0.2) is 55.6 Å². The van der Waals surface area contributed by atoms with Crippen LogP contribution in [0.5, 0.6) is 0 Å². The Labute approximate surface area is 124 Å². The quantitative estimate of drug-likeness (QED) is 0.858. The average Bonchev–Trinajstić information content (AvgIpc) is 2.46. The number of likely N-dealkylation sites (N-methyl/N-ethyl adjacent to an activating group) is 1. The Kier molecular flexibility index (Phi) is 6.02. The molecule has 0 aliphatic carbocycles. The molecule has 1 aliphatic rings. The predicted octanol–water partition coefficient (Wildman–Crippen LogP) is 2.19. The molecule has 112 valence electrons. The molecular formula is C17H29N3. The summed E-state index contributed by atoms with van der Waals surface area (Å²) in [5, 5.41) is 3.74. The van der Waals surface area contributed by atoms with Gasteiger partial charge in [0, 0.05) is 31.7 Å². The van der Waals surface area contributed by atoms with Crippen LogP contribution in [-0.2, 0) is 6.54 Å². The number of rotatable bonds is 6. The van der Waals surface area contributed by atoms with Crippen LogP contribution >= 0.6 is 0 Å². The van der Waals surface area contributed by atoms with Crippen molar-refractivity contribution in [1.82, 2.24) is 15.1 Å². The minimum Gasteiger partial charge on any atom is -0.311 e. The van der Waals surface area contributed by atoms with Crippen LogP contribution in [0, 0.1) is 0 Å². The number of likely N-dealkylation sites (tertiary alicyclic amines) is 1. The summed E-state index contributed by atoms with van der Waals surface area (Å²) in [5.74, 6) is 0. The molecule has 0 amide bonds. The molecule has 1 aliphatic heterocycles. The minimum absolute atomic E-state index is 0.597. The Morgan fingerprint density at radius 2 is 2.05 bits per heavy atom. The molecule has 0 radical (unpaired) electrons. The molecule has 1 N–H and O–H groups in total. The molecule has 1 saturated heterocycles. The van der Waals surface area contributed by atoms with Gasteiger partial charge < -0.3 is 10.2 Å². The molecule has 1 aromatic rings. The third-order valence-electron chi connectivity index (χ3n) is 4.34. The van der Waals surface area contributed by atoms with Crippen molar-refractivity contribution in [2.24, 2.45) is 0 Å². The van der Waals surface area contributed by atoms with Gasteiger partial charge in [0.15, 0.2) is 0 Å². The largest absolute Gasteiger partial charge is 0.311 e. The van der Waals surface area contributed by atoms with Crippen molar-refractivity contribution in [3.8, 4) is 0 Å². The van der Waals surface area contributed by atoms with Crippen LogP contribution in [0.1, 0.15) is 25.3 Å². The topological polar surface area (TPSA) is 18.5 Å². The van der Waals surface area contributed by atoms with E-state index in [-0.39, 0.29) is 0 Å². The second-order valence-electron chi connectivity index (χ2n) is 6.28. The zero-order valence-electron chi connectivity index (χ0n) is 13.2. The fourth-order valence-corrected chi connectivity index (χ4v) is 2.73. The van der Waals surface area contributed by atoms with Gasteiger partial charge in [-0.05, 0) is 46.0 Å². The lowest BCUT2D eigenvalue weighted by Gasteiger charge is -2.34. The van der Waals surface area contributed by atoms with E-state index in [1.54, 1.807) is 0 Å². The first-order valence-electron chi connectivity index (χ1n) is 7.81. The van der Waals surface area contributed by atoms with Gasteiger partial charge in [0.2, 0.25) is 0 Å². The Bertz CT molecular complexity index is 377. The summed E-state index contributed by atoms with van der Waals surface area (Å²) < 4.78 is 0. The van der Waals surface area contributed by atoms with Crippen molar-refractivity contribution in [2.45, 2.75) is 38.4 Å². The maximum atomic E-state index is 3.74. The van der Waals surface area contributed by atoms with E-state index < -0.39 is 0 Å². The van der Waals surface area contributed by atoms with Gasteiger partial charge in [-0.1, -0.05) is 30.3 Å². The van der Waals surface area contributed by atoms with Gasteiger partial charge in [-0.25, -0.2) is 0 Å². The van der Waals surface area contributed by atoms with E-state index >= 15 is 0 Å². The Morgan fingerprint density at radius 1 is 1.30 bits per heavy atom. The normalized spacial score (nSPS) is 22.1. The average molecular weight is 275 g/mol. The third kappa shape index (κ3) is 4.89. The standard InChI is InChI=1S/C17H29N3/c1-15(19(2)3)12-18-17-10-7-11-20(14-17)13-16-8-5-4-6-9-16/h4-6,8-9,15,17-18H,7,10-14H2,1-3H3. The SMILES string of the molecule is CC(CNC1CCCN(Cc2ccccc2)C1)N(C)C. The Morgan fingerprint density at radius 3 is 2.75 bits per heavy atom. The molecule has 20 heavy (non-hydrogen) atoms. The first kappa shape index (κ1) is 15.5.